The van der Waals surface area contributed by atoms with Crippen molar-refractivity contribution in [1.82, 2.24) is 5.32 Å². The molecule has 0 aliphatic heterocycles. The maximum absolute atomic E-state index is 11.9. The van der Waals surface area contributed by atoms with Gasteiger partial charge in [0.15, 0.2) is 0 Å². The maximum atomic E-state index is 11.9. The summed E-state index contributed by atoms with van der Waals surface area (Å²) in [5, 5.41) is 2.93. The zero-order chi connectivity index (χ0) is 17.4. The minimum atomic E-state index is -0.519. The number of hydrogen-bond acceptors (Lipinski definition) is 3. The Kier molecular flexibility index (Phi) is 6.38. The van der Waals surface area contributed by atoms with Crippen LogP contribution in [-0.2, 0) is 17.8 Å². The molecule has 4 nitrogen and oxygen atoms in total. The van der Waals surface area contributed by atoms with Gasteiger partial charge < -0.3 is 15.8 Å². The van der Waals surface area contributed by atoms with Crippen molar-refractivity contribution in [1.29, 1.82) is 0 Å². The minimum absolute atomic E-state index is 0.00665. The molecule has 4 heteroatoms. The Balaban J connectivity index is 1.77. The molecule has 2 aromatic rings. The lowest BCUT2D eigenvalue weighted by Gasteiger charge is -2.21. The molecule has 0 aliphatic rings. The first-order valence-electron chi connectivity index (χ1n) is 8.25. The van der Waals surface area contributed by atoms with E-state index in [1.807, 2.05) is 68.4 Å². The second kappa shape index (κ2) is 8.50. The van der Waals surface area contributed by atoms with E-state index in [4.69, 9.17) is 10.5 Å². The normalized spacial score (nSPS) is 11.1. The molecule has 0 bridgehead atoms. The van der Waals surface area contributed by atoms with Crippen LogP contribution in [0.4, 0.5) is 0 Å². The summed E-state index contributed by atoms with van der Waals surface area (Å²) in [5.74, 6) is 0.837. The van der Waals surface area contributed by atoms with Gasteiger partial charge in [0.2, 0.25) is 5.91 Å². The summed E-state index contributed by atoms with van der Waals surface area (Å²) in [6, 6.07) is 18.1. The third-order valence-corrected chi connectivity index (χ3v) is 4.00. The lowest BCUT2D eigenvalue weighted by atomic mass is 9.92. The van der Waals surface area contributed by atoms with Crippen molar-refractivity contribution < 1.29 is 9.53 Å². The fourth-order valence-corrected chi connectivity index (χ4v) is 2.15. The highest BCUT2D eigenvalue weighted by molar-refractivity contribution is 5.82. The molecule has 0 heterocycles. The summed E-state index contributed by atoms with van der Waals surface area (Å²) in [6.07, 6.45) is 0.783. The number of carbonyl (C=O) groups is 1. The van der Waals surface area contributed by atoms with Crippen LogP contribution in [0.3, 0.4) is 0 Å². The lowest BCUT2D eigenvalue weighted by molar-refractivity contribution is -0.128. The van der Waals surface area contributed by atoms with Gasteiger partial charge in [0.05, 0.1) is 5.41 Å². The Labute approximate surface area is 144 Å². The van der Waals surface area contributed by atoms with E-state index in [9.17, 15) is 4.79 Å². The molecular weight excluding hydrogens is 300 g/mol. The Morgan fingerprint density at radius 2 is 1.71 bits per heavy atom. The van der Waals surface area contributed by atoms with Crippen LogP contribution in [0.1, 0.15) is 25.0 Å². The van der Waals surface area contributed by atoms with E-state index < -0.39 is 5.41 Å². The molecule has 3 N–H and O–H groups in total. The minimum Gasteiger partial charge on any atom is -0.489 e. The fourth-order valence-electron chi connectivity index (χ4n) is 2.15. The van der Waals surface area contributed by atoms with Gasteiger partial charge in [-0.05, 0) is 43.5 Å². The first-order chi connectivity index (χ1) is 11.5. The average Bonchev–Trinajstić information content (AvgIpc) is 2.61. The van der Waals surface area contributed by atoms with Crippen LogP contribution in [0.15, 0.2) is 54.6 Å². The Bertz CT molecular complexity index is 636. The molecule has 0 saturated heterocycles. The van der Waals surface area contributed by atoms with Crippen molar-refractivity contribution in [3.8, 4) is 5.75 Å². The molecule has 0 spiro atoms. The van der Waals surface area contributed by atoms with E-state index in [0.29, 0.717) is 19.7 Å². The number of benzene rings is 2. The molecule has 2 aromatic carbocycles. The molecular formula is C20H26N2O2. The topological polar surface area (TPSA) is 64.4 Å². The van der Waals surface area contributed by atoms with Gasteiger partial charge in [-0.25, -0.2) is 0 Å². The van der Waals surface area contributed by atoms with Crippen LogP contribution >= 0.6 is 0 Å². The van der Waals surface area contributed by atoms with E-state index in [1.54, 1.807) is 0 Å². The van der Waals surface area contributed by atoms with Crippen LogP contribution in [-0.4, -0.2) is 19.0 Å². The highest BCUT2D eigenvalue weighted by Gasteiger charge is 2.24. The number of nitrogens with one attached hydrogen (secondary N) is 1. The fraction of sp³-hybridized carbons (Fsp3) is 0.350. The van der Waals surface area contributed by atoms with Crippen molar-refractivity contribution in [2.45, 2.75) is 26.9 Å². The van der Waals surface area contributed by atoms with E-state index in [1.165, 1.54) is 0 Å². The highest BCUT2D eigenvalue weighted by Crippen LogP contribution is 2.15. The van der Waals surface area contributed by atoms with Crippen molar-refractivity contribution in [3.05, 3.63) is 65.7 Å². The van der Waals surface area contributed by atoms with Crippen molar-refractivity contribution in [2.75, 3.05) is 13.1 Å². The first kappa shape index (κ1) is 18.0. The third kappa shape index (κ3) is 5.39. The molecule has 0 aliphatic carbocycles. The van der Waals surface area contributed by atoms with Gasteiger partial charge in [0.1, 0.15) is 12.4 Å². The Morgan fingerprint density at radius 3 is 2.33 bits per heavy atom. The summed E-state index contributed by atoms with van der Waals surface area (Å²) < 4.78 is 5.77. The standard InChI is InChI=1S/C20H26N2O2/c1-20(2,15-21)19(23)22-13-12-16-8-10-18(11-9-16)24-14-17-6-4-3-5-7-17/h3-11H,12-15,21H2,1-2H3,(H,22,23). The Hall–Kier alpha value is -2.33. The number of carbonyl (C=O) groups excluding carboxylic acids is 1. The molecule has 1 amide bonds. The van der Waals surface area contributed by atoms with E-state index in [2.05, 4.69) is 5.32 Å². The number of nitrogens with two attached hydrogens (primary N) is 1. The second-order valence-electron chi connectivity index (χ2n) is 6.51. The van der Waals surface area contributed by atoms with E-state index in [0.717, 1.165) is 23.3 Å². The molecule has 0 unspecified atom stereocenters. The van der Waals surface area contributed by atoms with Crippen LogP contribution < -0.4 is 15.8 Å². The average molecular weight is 326 g/mol. The summed E-state index contributed by atoms with van der Waals surface area (Å²) in [4.78, 5) is 11.9. The van der Waals surface area contributed by atoms with Crippen molar-refractivity contribution in [2.24, 2.45) is 11.1 Å². The van der Waals surface area contributed by atoms with E-state index in [-0.39, 0.29) is 5.91 Å². The van der Waals surface area contributed by atoms with Crippen LogP contribution in [0.5, 0.6) is 5.75 Å². The van der Waals surface area contributed by atoms with Gasteiger partial charge in [0.25, 0.3) is 0 Å². The predicted molar refractivity (Wildman–Crippen MR) is 96.8 cm³/mol. The molecule has 0 saturated carbocycles. The number of amides is 1. The number of ether oxygens (including phenoxy) is 1. The van der Waals surface area contributed by atoms with Gasteiger partial charge in [0, 0.05) is 13.1 Å². The van der Waals surface area contributed by atoms with Gasteiger partial charge in [-0.15, -0.1) is 0 Å². The molecule has 24 heavy (non-hydrogen) atoms. The number of rotatable bonds is 8. The summed E-state index contributed by atoms with van der Waals surface area (Å²) in [7, 11) is 0. The molecule has 0 atom stereocenters. The summed E-state index contributed by atoms with van der Waals surface area (Å²) in [5.41, 5.74) is 7.39. The molecule has 128 valence electrons. The molecule has 0 fully saturated rings. The van der Waals surface area contributed by atoms with Gasteiger partial charge in [-0.3, -0.25) is 4.79 Å². The van der Waals surface area contributed by atoms with E-state index >= 15 is 0 Å². The lowest BCUT2D eigenvalue weighted by Crippen LogP contribution is -2.42. The van der Waals surface area contributed by atoms with Crippen LogP contribution in [0.2, 0.25) is 0 Å². The maximum Gasteiger partial charge on any atom is 0.226 e. The quantitative estimate of drug-likeness (QED) is 0.784. The predicted octanol–water partition coefficient (Wildman–Crippen LogP) is 2.91. The van der Waals surface area contributed by atoms with Crippen molar-refractivity contribution >= 4 is 5.91 Å². The first-order valence-corrected chi connectivity index (χ1v) is 8.25. The molecule has 0 aromatic heterocycles. The van der Waals surface area contributed by atoms with Gasteiger partial charge >= 0.3 is 0 Å². The van der Waals surface area contributed by atoms with Gasteiger partial charge in [-0.2, -0.15) is 0 Å². The highest BCUT2D eigenvalue weighted by atomic mass is 16.5. The zero-order valence-corrected chi connectivity index (χ0v) is 14.4. The van der Waals surface area contributed by atoms with Crippen LogP contribution in [0, 0.1) is 5.41 Å². The monoisotopic (exact) mass is 326 g/mol. The summed E-state index contributed by atoms with van der Waals surface area (Å²) >= 11 is 0. The molecule has 0 radical (unpaired) electrons. The van der Waals surface area contributed by atoms with Gasteiger partial charge in [-0.1, -0.05) is 42.5 Å². The smallest absolute Gasteiger partial charge is 0.226 e. The zero-order valence-electron chi connectivity index (χ0n) is 14.4. The van der Waals surface area contributed by atoms with Crippen LogP contribution in [0.25, 0.3) is 0 Å². The second-order valence-corrected chi connectivity index (χ2v) is 6.51. The largest absolute Gasteiger partial charge is 0.489 e. The summed E-state index contributed by atoms with van der Waals surface area (Å²) in [6.45, 7) is 5.20. The number of hydrogen-bond donors (Lipinski definition) is 2. The van der Waals surface area contributed by atoms with Crippen molar-refractivity contribution in [3.63, 3.8) is 0 Å². The SMILES string of the molecule is CC(C)(CN)C(=O)NCCc1ccc(OCc2ccccc2)cc1. The Morgan fingerprint density at radius 1 is 1.04 bits per heavy atom. The molecule has 2 rings (SSSR count). The third-order valence-electron chi connectivity index (χ3n) is 4.00.